The molecule has 184 valence electrons. The van der Waals surface area contributed by atoms with Gasteiger partial charge in [-0.25, -0.2) is 14.4 Å². The first kappa shape index (κ1) is 29.6. The zero-order valence-corrected chi connectivity index (χ0v) is 21.3. The molecule has 0 aliphatic carbocycles. The lowest BCUT2D eigenvalue weighted by atomic mass is 9.94. The Balaban J connectivity index is 4.77. The molecule has 32 heavy (non-hydrogen) atoms. The summed E-state index contributed by atoms with van der Waals surface area (Å²) in [5.41, 5.74) is 0.218. The molecule has 0 rings (SSSR count). The lowest BCUT2D eigenvalue weighted by Gasteiger charge is -2.26. The van der Waals surface area contributed by atoms with Crippen LogP contribution in [0.25, 0.3) is 0 Å². The van der Waals surface area contributed by atoms with Crippen LogP contribution in [-0.4, -0.2) is 29.7 Å². The van der Waals surface area contributed by atoms with E-state index in [0.717, 1.165) is 0 Å². The second kappa shape index (κ2) is 11.0. The predicted molar refractivity (Wildman–Crippen MR) is 117 cm³/mol. The van der Waals surface area contributed by atoms with Crippen molar-refractivity contribution >= 4 is 18.1 Å². The number of hydrogen-bond acceptors (Lipinski definition) is 9. The maximum absolute atomic E-state index is 12.1. The van der Waals surface area contributed by atoms with Crippen LogP contribution in [0.15, 0.2) is 23.3 Å². The monoisotopic (exact) mass is 458 g/mol. The molecular formula is C23H38O9. The van der Waals surface area contributed by atoms with Crippen molar-refractivity contribution in [1.29, 1.82) is 0 Å². The van der Waals surface area contributed by atoms with Crippen molar-refractivity contribution in [3.8, 4) is 0 Å². The van der Waals surface area contributed by atoms with Crippen LogP contribution < -0.4 is 0 Å². The minimum absolute atomic E-state index is 0.227. The smallest absolute Gasteiger partial charge is 0.398 e. The van der Waals surface area contributed by atoms with E-state index in [2.05, 4.69) is 0 Å². The number of allylic oxidation sites excluding steroid dienone is 2. The molecule has 0 atom stereocenters. The SMILES string of the molecule is C/C(=C/C(C)(C)C)C(=O)OOC(C)(C)OC(=O)OC(C)(C)OOC(=O)/C(C)=C\C(C)(C)C. The van der Waals surface area contributed by atoms with Crippen molar-refractivity contribution in [2.45, 2.75) is 94.7 Å². The first-order chi connectivity index (χ1) is 14.1. The molecule has 0 heterocycles. The van der Waals surface area contributed by atoms with E-state index in [1.165, 1.54) is 27.7 Å². The number of carbonyl (C=O) groups excluding carboxylic acids is 3. The van der Waals surface area contributed by atoms with E-state index in [-0.39, 0.29) is 10.8 Å². The lowest BCUT2D eigenvalue weighted by Crippen LogP contribution is -2.38. The van der Waals surface area contributed by atoms with E-state index < -0.39 is 29.7 Å². The second-order valence-corrected chi connectivity index (χ2v) is 10.5. The van der Waals surface area contributed by atoms with Gasteiger partial charge in [0.05, 0.1) is 0 Å². The van der Waals surface area contributed by atoms with Crippen molar-refractivity contribution in [2.24, 2.45) is 10.8 Å². The van der Waals surface area contributed by atoms with Gasteiger partial charge in [-0.05, 0) is 24.7 Å². The maximum atomic E-state index is 12.1. The summed E-state index contributed by atoms with van der Waals surface area (Å²) in [7, 11) is 0. The fourth-order valence-electron chi connectivity index (χ4n) is 2.28. The standard InChI is InChI=1S/C23H38O9/c1-15(13-20(3,4)5)17(24)29-31-22(9,10)27-19(26)28-23(11,12)32-30-18(25)16(2)14-21(6,7)8/h13-14H,1-12H3/b15-13-,16-14-. The summed E-state index contributed by atoms with van der Waals surface area (Å²) in [5.74, 6) is -4.76. The number of carbonyl (C=O) groups is 3. The van der Waals surface area contributed by atoms with Gasteiger partial charge in [0.15, 0.2) is 0 Å². The Morgan fingerprint density at radius 1 is 0.562 bits per heavy atom. The Morgan fingerprint density at radius 3 is 1.09 bits per heavy atom. The Bertz CT molecular complexity index is 682. The third-order valence-electron chi connectivity index (χ3n) is 3.24. The van der Waals surface area contributed by atoms with E-state index in [1.54, 1.807) is 26.0 Å². The molecule has 0 fully saturated rings. The van der Waals surface area contributed by atoms with E-state index in [0.29, 0.717) is 11.1 Å². The van der Waals surface area contributed by atoms with Crippen molar-refractivity contribution in [1.82, 2.24) is 0 Å². The minimum Gasteiger partial charge on any atom is -0.398 e. The molecule has 9 heteroatoms. The molecule has 0 amide bonds. The largest absolute Gasteiger partial charge is 0.513 e. The van der Waals surface area contributed by atoms with Gasteiger partial charge in [-0.3, -0.25) is 9.78 Å². The summed E-state index contributed by atoms with van der Waals surface area (Å²) in [6, 6.07) is 0. The van der Waals surface area contributed by atoms with Gasteiger partial charge in [-0.2, -0.15) is 0 Å². The van der Waals surface area contributed by atoms with Crippen molar-refractivity contribution in [3.05, 3.63) is 23.3 Å². The van der Waals surface area contributed by atoms with Gasteiger partial charge in [0.25, 0.3) is 11.6 Å². The molecule has 0 aliphatic heterocycles. The van der Waals surface area contributed by atoms with Gasteiger partial charge in [-0.15, -0.1) is 9.78 Å². The van der Waals surface area contributed by atoms with Gasteiger partial charge < -0.3 is 9.47 Å². The zero-order chi connectivity index (χ0) is 25.5. The van der Waals surface area contributed by atoms with Crippen LogP contribution >= 0.6 is 0 Å². The minimum atomic E-state index is -1.66. The summed E-state index contributed by atoms with van der Waals surface area (Å²) >= 11 is 0. The number of rotatable bonds is 8. The highest BCUT2D eigenvalue weighted by Crippen LogP contribution is 2.22. The first-order valence-electron chi connectivity index (χ1n) is 10.2. The van der Waals surface area contributed by atoms with Crippen LogP contribution in [0.3, 0.4) is 0 Å². The van der Waals surface area contributed by atoms with Crippen LogP contribution in [0.1, 0.15) is 83.1 Å². The highest BCUT2D eigenvalue weighted by atomic mass is 17.3. The van der Waals surface area contributed by atoms with E-state index >= 15 is 0 Å². The van der Waals surface area contributed by atoms with Gasteiger partial charge in [0, 0.05) is 38.8 Å². The Labute approximate surface area is 190 Å². The van der Waals surface area contributed by atoms with Gasteiger partial charge >= 0.3 is 18.1 Å². The Morgan fingerprint density at radius 2 is 0.844 bits per heavy atom. The van der Waals surface area contributed by atoms with Crippen LogP contribution in [0.2, 0.25) is 0 Å². The molecular weight excluding hydrogens is 420 g/mol. The van der Waals surface area contributed by atoms with Gasteiger partial charge in [-0.1, -0.05) is 53.7 Å². The van der Waals surface area contributed by atoms with Crippen LogP contribution in [0.4, 0.5) is 4.79 Å². The molecule has 0 aromatic rings. The van der Waals surface area contributed by atoms with Crippen molar-refractivity contribution < 1.29 is 43.4 Å². The molecule has 0 bridgehead atoms. The van der Waals surface area contributed by atoms with Crippen molar-refractivity contribution in [3.63, 3.8) is 0 Å². The molecule has 0 aliphatic rings. The zero-order valence-electron chi connectivity index (χ0n) is 21.3. The topological polar surface area (TPSA) is 107 Å². The summed E-state index contributed by atoms with van der Waals surface area (Å²) < 4.78 is 10.0. The lowest BCUT2D eigenvalue weighted by molar-refractivity contribution is -0.397. The third-order valence-corrected chi connectivity index (χ3v) is 3.24. The Hall–Kier alpha value is -2.39. The second-order valence-electron chi connectivity index (χ2n) is 10.5. The normalized spacial score (nSPS) is 14.0. The number of hydrogen-bond donors (Lipinski definition) is 0. The molecule has 0 unspecified atom stereocenters. The molecule has 9 nitrogen and oxygen atoms in total. The molecule has 0 saturated heterocycles. The summed E-state index contributed by atoms with van der Waals surface area (Å²) in [5, 5.41) is 0. The molecule has 0 aromatic heterocycles. The molecule has 0 spiro atoms. The van der Waals surface area contributed by atoms with Crippen LogP contribution in [0.5, 0.6) is 0 Å². The molecule has 0 saturated carbocycles. The van der Waals surface area contributed by atoms with Crippen molar-refractivity contribution in [2.75, 3.05) is 0 Å². The van der Waals surface area contributed by atoms with E-state index in [1.807, 2.05) is 41.5 Å². The average Bonchev–Trinajstić information content (AvgIpc) is 2.53. The molecule has 0 aromatic carbocycles. The van der Waals surface area contributed by atoms with Gasteiger partial charge in [0.1, 0.15) is 0 Å². The van der Waals surface area contributed by atoms with Crippen LogP contribution in [-0.2, 0) is 38.6 Å². The average molecular weight is 459 g/mol. The summed E-state index contributed by atoms with van der Waals surface area (Å²) in [4.78, 5) is 55.5. The van der Waals surface area contributed by atoms with Crippen LogP contribution in [0, 0.1) is 10.8 Å². The highest BCUT2D eigenvalue weighted by molar-refractivity contribution is 5.87. The predicted octanol–water partition coefficient (Wildman–Crippen LogP) is 5.55. The molecule has 0 N–H and O–H groups in total. The first-order valence-corrected chi connectivity index (χ1v) is 10.2. The Kier molecular flexibility index (Phi) is 10.1. The highest BCUT2D eigenvalue weighted by Gasteiger charge is 2.34. The summed E-state index contributed by atoms with van der Waals surface area (Å²) in [6.07, 6.45) is 2.25. The fourth-order valence-corrected chi connectivity index (χ4v) is 2.28. The van der Waals surface area contributed by atoms with E-state index in [4.69, 9.17) is 29.0 Å². The maximum Gasteiger partial charge on any atom is 0.513 e. The quantitative estimate of drug-likeness (QED) is 0.152. The third kappa shape index (κ3) is 13.8. The van der Waals surface area contributed by atoms with Gasteiger partial charge in [0.2, 0.25) is 0 Å². The molecule has 0 radical (unpaired) electrons. The number of ether oxygens (including phenoxy) is 2. The van der Waals surface area contributed by atoms with E-state index in [9.17, 15) is 14.4 Å². The fraction of sp³-hybridized carbons (Fsp3) is 0.696. The summed E-state index contributed by atoms with van der Waals surface area (Å²) in [6.45, 7) is 20.1.